The zero-order valence-corrected chi connectivity index (χ0v) is 21.7. The third kappa shape index (κ3) is 6.27. The molecule has 2 N–H and O–H groups in total. The van der Waals surface area contributed by atoms with Gasteiger partial charge in [0.1, 0.15) is 17.3 Å². The average molecular weight is 575 g/mol. The lowest BCUT2D eigenvalue weighted by Crippen LogP contribution is -2.48. The lowest BCUT2D eigenvalue weighted by molar-refractivity contribution is 0.0124. The number of nitrogens with one attached hydrogen (secondary N) is 2. The van der Waals surface area contributed by atoms with Gasteiger partial charge in [0, 0.05) is 52.0 Å². The first-order valence-corrected chi connectivity index (χ1v) is 11.2. The molecule has 4 heterocycles. The highest BCUT2D eigenvalue weighted by molar-refractivity contribution is 14.0. The number of anilines is 1. The number of rotatable bonds is 6. The van der Waals surface area contributed by atoms with Crippen molar-refractivity contribution in [3.8, 4) is 0 Å². The molecule has 0 aromatic carbocycles. The van der Waals surface area contributed by atoms with Gasteiger partial charge in [-0.2, -0.15) is 0 Å². The van der Waals surface area contributed by atoms with Crippen molar-refractivity contribution in [2.75, 3.05) is 57.9 Å². The Bertz CT molecular complexity index is 889. The smallest absolute Gasteiger partial charge is 0.191 e. The number of hydrogen-bond acceptors (Lipinski definition) is 6. The van der Waals surface area contributed by atoms with Crippen LogP contribution in [0.2, 0.25) is 5.02 Å². The molecule has 0 spiro atoms. The maximum Gasteiger partial charge on any atom is 0.191 e. The molecule has 4 rings (SSSR count). The zero-order valence-electron chi connectivity index (χ0n) is 18.6. The fourth-order valence-electron chi connectivity index (χ4n) is 4.19. The molecule has 10 heteroatoms. The molecule has 8 nitrogen and oxygen atoms in total. The van der Waals surface area contributed by atoms with Gasteiger partial charge < -0.3 is 24.7 Å². The lowest BCUT2D eigenvalue weighted by atomic mass is 10.1. The summed E-state index contributed by atoms with van der Waals surface area (Å²) in [6.45, 7) is 7.70. The maximum absolute atomic E-state index is 6.32. The van der Waals surface area contributed by atoms with Crippen molar-refractivity contribution < 1.29 is 9.15 Å². The summed E-state index contributed by atoms with van der Waals surface area (Å²) < 4.78 is 11.5. The van der Waals surface area contributed by atoms with Crippen LogP contribution >= 0.6 is 35.6 Å². The average Bonchev–Trinajstić information content (AvgIpc) is 3.43. The first kappa shape index (κ1) is 25.1. The number of nitrogens with zero attached hydrogens (tertiary/aromatic N) is 4. The van der Waals surface area contributed by atoms with E-state index < -0.39 is 0 Å². The van der Waals surface area contributed by atoms with Gasteiger partial charge in [-0.05, 0) is 37.6 Å². The Kier molecular flexibility index (Phi) is 9.45. The normalized spacial score (nSPS) is 20.7. The highest BCUT2D eigenvalue weighted by Crippen LogP contribution is 2.26. The molecule has 2 aromatic heterocycles. The number of halogens is 2. The molecule has 0 aliphatic carbocycles. The SMILES string of the molecule is CN=C(NCC(c1ccc(C)o1)N1CCOCC1)NC1CCN(c2ncccc2Cl)C1.I. The van der Waals surface area contributed by atoms with E-state index in [0.29, 0.717) is 11.6 Å². The van der Waals surface area contributed by atoms with Crippen LogP contribution < -0.4 is 15.5 Å². The van der Waals surface area contributed by atoms with E-state index in [9.17, 15) is 0 Å². The minimum Gasteiger partial charge on any atom is -0.465 e. The Morgan fingerprint density at radius 2 is 2.09 bits per heavy atom. The molecule has 2 aliphatic rings. The fraction of sp³-hybridized carbons (Fsp3) is 0.545. The predicted molar refractivity (Wildman–Crippen MR) is 138 cm³/mol. The van der Waals surface area contributed by atoms with Gasteiger partial charge in [0.05, 0.1) is 24.3 Å². The van der Waals surface area contributed by atoms with Crippen molar-refractivity contribution in [2.45, 2.75) is 25.4 Å². The van der Waals surface area contributed by atoms with Gasteiger partial charge in [0.2, 0.25) is 0 Å². The molecule has 0 bridgehead atoms. The second-order valence-electron chi connectivity index (χ2n) is 7.95. The molecule has 176 valence electrons. The van der Waals surface area contributed by atoms with Crippen molar-refractivity contribution in [3.05, 3.63) is 47.0 Å². The lowest BCUT2D eigenvalue weighted by Gasteiger charge is -2.33. The molecular weight excluding hydrogens is 543 g/mol. The standard InChI is InChI=1S/C22H31ClN6O2.HI/c1-16-5-6-20(31-16)19(28-10-12-30-13-11-28)14-26-22(24-2)27-17-7-9-29(15-17)21-18(23)4-3-8-25-21;/h3-6,8,17,19H,7,9-15H2,1-2H3,(H2,24,26,27);1H. The van der Waals surface area contributed by atoms with E-state index in [1.807, 2.05) is 25.1 Å². The predicted octanol–water partition coefficient (Wildman–Crippen LogP) is 3.07. The Labute approximate surface area is 211 Å². The van der Waals surface area contributed by atoms with Crippen LogP contribution in [-0.2, 0) is 4.74 Å². The van der Waals surface area contributed by atoms with Crippen molar-refractivity contribution in [1.82, 2.24) is 20.5 Å². The molecule has 2 fully saturated rings. The van der Waals surface area contributed by atoms with Crippen molar-refractivity contribution in [1.29, 1.82) is 0 Å². The molecule has 2 aliphatic heterocycles. The summed E-state index contributed by atoms with van der Waals surface area (Å²) in [6.07, 6.45) is 2.78. The van der Waals surface area contributed by atoms with E-state index >= 15 is 0 Å². The monoisotopic (exact) mass is 574 g/mol. The summed E-state index contributed by atoms with van der Waals surface area (Å²) in [5, 5.41) is 7.74. The summed E-state index contributed by atoms with van der Waals surface area (Å²) in [6, 6.07) is 8.23. The number of guanidine groups is 1. The second kappa shape index (κ2) is 12.1. The minimum absolute atomic E-state index is 0. The largest absolute Gasteiger partial charge is 0.465 e. The van der Waals surface area contributed by atoms with Crippen LogP contribution in [0.25, 0.3) is 0 Å². The molecule has 0 saturated carbocycles. The molecular formula is C22H32ClIN6O2. The molecule has 0 radical (unpaired) electrons. The van der Waals surface area contributed by atoms with Gasteiger partial charge in [-0.15, -0.1) is 24.0 Å². The van der Waals surface area contributed by atoms with Gasteiger partial charge in [-0.25, -0.2) is 4.98 Å². The summed E-state index contributed by atoms with van der Waals surface area (Å²) in [4.78, 5) is 13.5. The zero-order chi connectivity index (χ0) is 21.6. The van der Waals surface area contributed by atoms with E-state index in [1.54, 1.807) is 13.2 Å². The highest BCUT2D eigenvalue weighted by Gasteiger charge is 2.28. The van der Waals surface area contributed by atoms with Crippen LogP contribution in [0.3, 0.4) is 0 Å². The van der Waals surface area contributed by atoms with E-state index in [2.05, 4.69) is 36.5 Å². The van der Waals surface area contributed by atoms with E-state index in [0.717, 1.165) is 69.1 Å². The third-order valence-corrected chi connectivity index (χ3v) is 6.13. The van der Waals surface area contributed by atoms with Crippen molar-refractivity contribution in [2.24, 2.45) is 4.99 Å². The minimum atomic E-state index is 0. The fourth-order valence-corrected chi connectivity index (χ4v) is 4.43. The number of aromatic nitrogens is 1. The van der Waals surface area contributed by atoms with Crippen LogP contribution in [0, 0.1) is 6.92 Å². The number of furan rings is 1. The number of aryl methyl sites for hydroxylation is 1. The van der Waals surface area contributed by atoms with Crippen molar-refractivity contribution in [3.63, 3.8) is 0 Å². The Morgan fingerprint density at radius 3 is 2.78 bits per heavy atom. The second-order valence-corrected chi connectivity index (χ2v) is 8.36. The summed E-state index contributed by atoms with van der Waals surface area (Å²) in [7, 11) is 1.80. The highest BCUT2D eigenvalue weighted by atomic mass is 127. The Morgan fingerprint density at radius 1 is 1.28 bits per heavy atom. The van der Waals surface area contributed by atoms with E-state index in [4.69, 9.17) is 20.8 Å². The van der Waals surface area contributed by atoms with Gasteiger partial charge in [0.25, 0.3) is 0 Å². The van der Waals surface area contributed by atoms with E-state index in [1.165, 1.54) is 0 Å². The van der Waals surface area contributed by atoms with E-state index in [-0.39, 0.29) is 36.1 Å². The Balaban J connectivity index is 0.00000289. The Hall–Kier alpha value is -1.56. The summed E-state index contributed by atoms with van der Waals surface area (Å²) >= 11 is 6.32. The van der Waals surface area contributed by atoms with Crippen molar-refractivity contribution >= 4 is 47.4 Å². The number of aliphatic imine (C=N–C) groups is 1. The van der Waals surface area contributed by atoms with Crippen LogP contribution in [0.5, 0.6) is 0 Å². The first-order chi connectivity index (χ1) is 15.1. The molecule has 2 aromatic rings. The van der Waals surface area contributed by atoms with Gasteiger partial charge in [-0.3, -0.25) is 9.89 Å². The number of morpholine rings is 1. The number of ether oxygens (including phenoxy) is 1. The van der Waals surface area contributed by atoms with Crippen LogP contribution in [0.15, 0.2) is 39.9 Å². The number of pyridine rings is 1. The van der Waals surface area contributed by atoms with Gasteiger partial charge in [-0.1, -0.05) is 11.6 Å². The molecule has 2 unspecified atom stereocenters. The quantitative estimate of drug-likeness (QED) is 0.312. The first-order valence-electron chi connectivity index (χ1n) is 10.8. The van der Waals surface area contributed by atoms with Crippen LogP contribution in [-0.4, -0.2) is 74.9 Å². The summed E-state index contributed by atoms with van der Waals surface area (Å²) in [5.41, 5.74) is 0. The molecule has 32 heavy (non-hydrogen) atoms. The molecule has 0 amide bonds. The topological polar surface area (TPSA) is 78.2 Å². The molecule has 2 atom stereocenters. The third-order valence-electron chi connectivity index (χ3n) is 5.83. The van der Waals surface area contributed by atoms with Gasteiger partial charge >= 0.3 is 0 Å². The van der Waals surface area contributed by atoms with Crippen LogP contribution in [0.1, 0.15) is 24.0 Å². The van der Waals surface area contributed by atoms with Gasteiger partial charge in [0.15, 0.2) is 5.96 Å². The number of hydrogen-bond donors (Lipinski definition) is 2. The summed E-state index contributed by atoms with van der Waals surface area (Å²) in [5.74, 6) is 3.53. The van der Waals surface area contributed by atoms with Crippen LogP contribution in [0.4, 0.5) is 5.82 Å². The maximum atomic E-state index is 6.32. The molecule has 2 saturated heterocycles.